The van der Waals surface area contributed by atoms with E-state index < -0.39 is 23.8 Å². The third kappa shape index (κ3) is 7.63. The van der Waals surface area contributed by atoms with Gasteiger partial charge in [0.05, 0.1) is 21.8 Å². The number of carboxylic acids is 1. The summed E-state index contributed by atoms with van der Waals surface area (Å²) in [7, 11) is 0. The van der Waals surface area contributed by atoms with E-state index in [1.165, 1.54) is 25.1 Å². The van der Waals surface area contributed by atoms with Gasteiger partial charge in [-0.15, -0.1) is 11.3 Å². The molecule has 1 unspecified atom stereocenters. The zero-order chi connectivity index (χ0) is 27.8. The van der Waals surface area contributed by atoms with Crippen LogP contribution in [0.2, 0.25) is 10.0 Å². The van der Waals surface area contributed by atoms with Crippen LogP contribution < -0.4 is 5.32 Å². The second-order valence-electron chi connectivity index (χ2n) is 8.76. The average molecular weight is 580 g/mol. The molecule has 0 aliphatic carbocycles. The number of aromatic nitrogens is 1. The Bertz CT molecular complexity index is 1320. The van der Waals surface area contributed by atoms with Crippen molar-refractivity contribution in [3.63, 3.8) is 0 Å². The van der Waals surface area contributed by atoms with Gasteiger partial charge in [-0.05, 0) is 44.5 Å². The Morgan fingerprint density at radius 3 is 2.58 bits per heavy atom. The third-order valence-corrected chi connectivity index (χ3v) is 7.26. The summed E-state index contributed by atoms with van der Waals surface area (Å²) in [6.07, 6.45) is 5.25. The van der Waals surface area contributed by atoms with E-state index in [1.807, 2.05) is 6.92 Å². The van der Waals surface area contributed by atoms with Gasteiger partial charge in [0.15, 0.2) is 5.13 Å². The minimum Gasteiger partial charge on any atom is -0.478 e. The topological polar surface area (TPSA) is 88.5 Å². The number of carbonyl (C=O) groups is 2. The molecule has 0 saturated carbocycles. The summed E-state index contributed by atoms with van der Waals surface area (Å²) in [4.78, 5) is 28.3. The number of nitrogens with one attached hydrogen (secondary N) is 1. The van der Waals surface area contributed by atoms with Gasteiger partial charge in [-0.3, -0.25) is 10.1 Å². The van der Waals surface area contributed by atoms with Crippen molar-refractivity contribution in [2.45, 2.75) is 52.6 Å². The Morgan fingerprint density at radius 1 is 1.21 bits per heavy atom. The number of ether oxygens (including phenoxy) is 1. The van der Waals surface area contributed by atoms with Crippen molar-refractivity contribution >= 4 is 57.6 Å². The van der Waals surface area contributed by atoms with Crippen LogP contribution in [-0.2, 0) is 9.53 Å². The van der Waals surface area contributed by atoms with Gasteiger partial charge in [0.2, 0.25) is 0 Å². The van der Waals surface area contributed by atoms with E-state index in [2.05, 4.69) is 17.2 Å². The highest BCUT2D eigenvalue weighted by Crippen LogP contribution is 2.33. The average Bonchev–Trinajstić information content (AvgIpc) is 3.33. The van der Waals surface area contributed by atoms with E-state index in [-0.39, 0.29) is 26.3 Å². The number of carboxylic acid groups (broad SMARTS) is 1. The molecule has 2 aromatic carbocycles. The SMILES string of the molecule is CCCCCCOC(C)c1cccc(-c2csc(NC(=O)c3cc(Cl)c(/C=C(\C)C(=O)O)c(Cl)c3)n2)c1F. The lowest BCUT2D eigenvalue weighted by molar-refractivity contribution is -0.132. The molecule has 3 rings (SSSR count). The van der Waals surface area contributed by atoms with Gasteiger partial charge in [-0.2, -0.15) is 0 Å². The van der Waals surface area contributed by atoms with E-state index >= 15 is 4.39 Å². The lowest BCUT2D eigenvalue weighted by Gasteiger charge is -2.15. The van der Waals surface area contributed by atoms with Crippen molar-refractivity contribution in [3.8, 4) is 11.3 Å². The van der Waals surface area contributed by atoms with Gasteiger partial charge < -0.3 is 9.84 Å². The highest BCUT2D eigenvalue weighted by molar-refractivity contribution is 7.14. The zero-order valence-electron chi connectivity index (χ0n) is 21.3. The summed E-state index contributed by atoms with van der Waals surface area (Å²) in [6.45, 7) is 5.96. The number of benzene rings is 2. The second kappa shape index (κ2) is 13.8. The molecule has 6 nitrogen and oxygen atoms in total. The van der Waals surface area contributed by atoms with Gasteiger partial charge in [0.1, 0.15) is 5.82 Å². The molecule has 0 radical (unpaired) electrons. The number of carbonyl (C=O) groups excluding carboxylic acids is 1. The second-order valence-corrected chi connectivity index (χ2v) is 10.4. The number of anilines is 1. The number of rotatable bonds is 12. The first-order chi connectivity index (χ1) is 18.1. The molecular formula is C28H29Cl2FN2O4S. The molecule has 2 N–H and O–H groups in total. The van der Waals surface area contributed by atoms with Crippen molar-refractivity contribution in [2.75, 3.05) is 11.9 Å². The molecule has 0 aliphatic rings. The Labute approximate surface area is 235 Å². The summed E-state index contributed by atoms with van der Waals surface area (Å²) >= 11 is 13.7. The molecule has 1 amide bonds. The van der Waals surface area contributed by atoms with Gasteiger partial charge in [0, 0.05) is 39.8 Å². The van der Waals surface area contributed by atoms with E-state index in [0.717, 1.165) is 37.0 Å². The van der Waals surface area contributed by atoms with Crippen molar-refractivity contribution in [2.24, 2.45) is 0 Å². The molecule has 10 heteroatoms. The van der Waals surface area contributed by atoms with Crippen LogP contribution in [0.5, 0.6) is 0 Å². The minimum atomic E-state index is -1.11. The highest BCUT2D eigenvalue weighted by Gasteiger charge is 2.19. The van der Waals surface area contributed by atoms with Crippen LogP contribution in [0, 0.1) is 5.82 Å². The monoisotopic (exact) mass is 578 g/mol. The molecule has 0 saturated heterocycles. The summed E-state index contributed by atoms with van der Waals surface area (Å²) in [5, 5.41) is 14.0. The normalized spacial score (nSPS) is 12.4. The Hall–Kier alpha value is -2.78. The first kappa shape index (κ1) is 29.8. The first-order valence-electron chi connectivity index (χ1n) is 12.2. The quantitative estimate of drug-likeness (QED) is 0.166. The van der Waals surface area contributed by atoms with Crippen molar-refractivity contribution < 1.29 is 23.8 Å². The molecule has 202 valence electrons. The molecule has 38 heavy (non-hydrogen) atoms. The lowest BCUT2D eigenvalue weighted by atomic mass is 10.0. The summed E-state index contributed by atoms with van der Waals surface area (Å²) in [6, 6.07) is 7.89. The van der Waals surface area contributed by atoms with Gasteiger partial charge >= 0.3 is 5.97 Å². The standard InChI is InChI=1S/C28H29Cl2FN2O4S/c1-4-5-6-7-11-37-17(3)19-9-8-10-20(25(19)31)24-15-38-28(32-24)33-26(34)18-13-22(29)21(23(30)14-18)12-16(2)27(35)36/h8-10,12-15,17H,4-7,11H2,1-3H3,(H,35,36)(H,32,33,34)/b16-12+. The smallest absolute Gasteiger partial charge is 0.331 e. The number of thiazole rings is 1. The van der Waals surface area contributed by atoms with Crippen LogP contribution >= 0.6 is 34.5 Å². The molecule has 1 atom stereocenters. The van der Waals surface area contributed by atoms with Gasteiger partial charge in [0.25, 0.3) is 5.91 Å². The maximum absolute atomic E-state index is 15.4. The number of hydrogen-bond donors (Lipinski definition) is 2. The van der Waals surface area contributed by atoms with Crippen molar-refractivity contribution in [1.29, 1.82) is 0 Å². The molecular weight excluding hydrogens is 550 g/mol. The molecule has 1 aromatic heterocycles. The van der Waals surface area contributed by atoms with Crippen LogP contribution in [0.15, 0.2) is 41.3 Å². The number of unbranched alkanes of at least 4 members (excludes halogenated alkanes) is 3. The first-order valence-corrected chi connectivity index (χ1v) is 13.8. The fourth-order valence-corrected chi connectivity index (χ4v) is 5.00. The molecule has 0 fully saturated rings. The van der Waals surface area contributed by atoms with Gasteiger partial charge in [-0.25, -0.2) is 14.2 Å². The number of amides is 1. The molecule has 1 heterocycles. The zero-order valence-corrected chi connectivity index (χ0v) is 23.6. The highest BCUT2D eigenvalue weighted by atomic mass is 35.5. The molecule has 0 bridgehead atoms. The number of halogens is 3. The van der Waals surface area contributed by atoms with E-state index in [0.29, 0.717) is 29.0 Å². The van der Waals surface area contributed by atoms with Crippen LogP contribution in [0.25, 0.3) is 17.3 Å². The van der Waals surface area contributed by atoms with Crippen LogP contribution in [0.1, 0.15) is 74.0 Å². The lowest BCUT2D eigenvalue weighted by Crippen LogP contribution is -2.12. The molecule has 3 aromatic rings. The van der Waals surface area contributed by atoms with E-state index in [4.69, 9.17) is 33.0 Å². The van der Waals surface area contributed by atoms with Crippen molar-refractivity contribution in [3.05, 3.63) is 73.8 Å². The molecule has 0 aliphatic heterocycles. The largest absolute Gasteiger partial charge is 0.478 e. The van der Waals surface area contributed by atoms with E-state index in [9.17, 15) is 9.59 Å². The molecule has 0 spiro atoms. The van der Waals surface area contributed by atoms with Crippen LogP contribution in [0.3, 0.4) is 0 Å². The fraction of sp³-hybridized carbons (Fsp3) is 0.321. The Balaban J connectivity index is 1.73. The maximum Gasteiger partial charge on any atom is 0.331 e. The number of nitrogens with zero attached hydrogens (tertiary/aromatic N) is 1. The Morgan fingerprint density at radius 2 is 1.92 bits per heavy atom. The predicted octanol–water partition coefficient (Wildman–Crippen LogP) is 8.65. The predicted molar refractivity (Wildman–Crippen MR) is 152 cm³/mol. The fourth-order valence-electron chi connectivity index (χ4n) is 3.70. The summed E-state index contributed by atoms with van der Waals surface area (Å²) < 4.78 is 21.2. The van der Waals surface area contributed by atoms with Crippen molar-refractivity contribution in [1.82, 2.24) is 4.98 Å². The van der Waals surface area contributed by atoms with Gasteiger partial charge in [-0.1, -0.05) is 61.5 Å². The van der Waals surface area contributed by atoms with E-state index in [1.54, 1.807) is 23.6 Å². The third-order valence-electron chi connectivity index (χ3n) is 5.87. The maximum atomic E-state index is 15.4. The Kier molecular flexibility index (Phi) is 10.8. The number of aliphatic carboxylic acids is 1. The van der Waals surface area contributed by atoms with Crippen LogP contribution in [-0.4, -0.2) is 28.6 Å². The summed E-state index contributed by atoms with van der Waals surface area (Å²) in [5.41, 5.74) is 1.67. The number of hydrogen-bond acceptors (Lipinski definition) is 5. The van der Waals surface area contributed by atoms with Crippen LogP contribution in [0.4, 0.5) is 9.52 Å². The summed E-state index contributed by atoms with van der Waals surface area (Å²) in [5.74, 6) is -2.03. The minimum absolute atomic E-state index is 0.0468.